The fourth-order valence-electron chi connectivity index (χ4n) is 9.02. The van der Waals surface area contributed by atoms with Crippen LogP contribution in [0, 0.1) is 17.3 Å². The maximum atomic E-state index is 13.0. The van der Waals surface area contributed by atoms with E-state index < -0.39 is 5.60 Å². The summed E-state index contributed by atoms with van der Waals surface area (Å²) in [5.74, 6) is 2.83. The van der Waals surface area contributed by atoms with Crippen molar-refractivity contribution in [3.63, 3.8) is 0 Å². The van der Waals surface area contributed by atoms with E-state index in [1.807, 2.05) is 0 Å². The Labute approximate surface area is 184 Å². The van der Waals surface area contributed by atoms with Gasteiger partial charge in [0.15, 0.2) is 11.5 Å². The number of methoxy groups -OCH3 is 2. The van der Waals surface area contributed by atoms with E-state index in [0.717, 1.165) is 56.1 Å². The van der Waals surface area contributed by atoms with Gasteiger partial charge in [0, 0.05) is 36.1 Å². The SMILES string of the molecule is COc1ccc2c3c1O[C@H]1[C@@]4(OC)CC[C@@]5(C[C@@H]4C(C)=O)[C@@H](C2)N(CC2CC2)CC[C@]315. The van der Waals surface area contributed by atoms with Gasteiger partial charge in [-0.15, -0.1) is 0 Å². The van der Waals surface area contributed by atoms with Crippen molar-refractivity contribution < 1.29 is 19.0 Å². The molecule has 5 heteroatoms. The van der Waals surface area contributed by atoms with Gasteiger partial charge in [0.05, 0.1) is 13.0 Å². The molecule has 5 nitrogen and oxygen atoms in total. The van der Waals surface area contributed by atoms with Crippen LogP contribution >= 0.6 is 0 Å². The van der Waals surface area contributed by atoms with Crippen LogP contribution in [0.25, 0.3) is 0 Å². The Hall–Kier alpha value is -1.59. The Bertz CT molecular complexity index is 988. The van der Waals surface area contributed by atoms with Crippen molar-refractivity contribution in [1.29, 1.82) is 0 Å². The summed E-state index contributed by atoms with van der Waals surface area (Å²) < 4.78 is 19.0. The average molecular weight is 424 g/mol. The fraction of sp³-hybridized carbons (Fsp3) is 0.731. The summed E-state index contributed by atoms with van der Waals surface area (Å²) in [6, 6.07) is 4.87. The Morgan fingerprint density at radius 2 is 2.06 bits per heavy atom. The molecule has 2 spiro atoms. The first-order chi connectivity index (χ1) is 15.0. The molecule has 4 saturated carbocycles. The molecule has 5 aliphatic carbocycles. The smallest absolute Gasteiger partial charge is 0.165 e. The van der Waals surface area contributed by atoms with Gasteiger partial charge in [0.25, 0.3) is 0 Å². The van der Waals surface area contributed by atoms with Gasteiger partial charge in [-0.1, -0.05) is 6.07 Å². The summed E-state index contributed by atoms with van der Waals surface area (Å²) in [6.07, 6.45) is 7.83. The van der Waals surface area contributed by atoms with E-state index in [4.69, 9.17) is 14.2 Å². The third-order valence-electron chi connectivity index (χ3n) is 10.4. The predicted molar refractivity (Wildman–Crippen MR) is 116 cm³/mol. The number of ketones is 1. The van der Waals surface area contributed by atoms with Crippen LogP contribution in [0.5, 0.6) is 11.5 Å². The standard InChI is InChI=1S/C26H33NO4/c1-15(28)18-13-24-8-9-26(18,30-3)23-25(24)10-11-27(14-16-4-5-16)20(24)12-17-6-7-19(29-2)22(31-23)21(17)25/h6-7,16,18,20,23H,4-5,8-14H2,1-3H3/t18-,20-,23-,24-,25+,26-/m1/s1. The molecule has 5 fully saturated rings. The van der Waals surface area contributed by atoms with Gasteiger partial charge in [-0.3, -0.25) is 9.69 Å². The monoisotopic (exact) mass is 423 g/mol. The lowest BCUT2D eigenvalue weighted by Gasteiger charge is -2.73. The van der Waals surface area contributed by atoms with Crippen LogP contribution in [0.3, 0.4) is 0 Å². The molecule has 2 aliphatic heterocycles. The highest BCUT2D eigenvalue weighted by atomic mass is 16.6. The number of Topliss-reactive ketones (excluding diaryl/α,β-unsaturated/α-hetero) is 1. The summed E-state index contributed by atoms with van der Waals surface area (Å²) in [7, 11) is 3.54. The number of nitrogens with zero attached hydrogens (tertiary/aromatic N) is 1. The van der Waals surface area contributed by atoms with Gasteiger partial charge in [0.2, 0.25) is 0 Å². The van der Waals surface area contributed by atoms with Gasteiger partial charge in [-0.05, 0) is 76.0 Å². The predicted octanol–water partition coefficient (Wildman–Crippen LogP) is 3.51. The zero-order valence-electron chi connectivity index (χ0n) is 18.9. The van der Waals surface area contributed by atoms with Gasteiger partial charge in [-0.2, -0.15) is 0 Å². The summed E-state index contributed by atoms with van der Waals surface area (Å²) in [6.45, 7) is 4.13. The number of carbonyl (C=O) groups is 1. The quantitative estimate of drug-likeness (QED) is 0.725. The minimum absolute atomic E-state index is 0.0601. The second-order valence-electron chi connectivity index (χ2n) is 11.2. The van der Waals surface area contributed by atoms with Crippen LogP contribution in [0.1, 0.15) is 56.6 Å². The largest absolute Gasteiger partial charge is 0.493 e. The number of hydrogen-bond donors (Lipinski definition) is 0. The number of rotatable bonds is 5. The number of piperidine rings is 1. The molecule has 1 saturated heterocycles. The minimum atomic E-state index is -0.532. The average Bonchev–Trinajstić information content (AvgIpc) is 3.52. The molecule has 7 aliphatic rings. The molecule has 166 valence electrons. The molecule has 0 radical (unpaired) electrons. The van der Waals surface area contributed by atoms with Crippen molar-refractivity contribution >= 4 is 5.78 Å². The molecule has 2 heterocycles. The normalized spacial score (nSPS) is 44.0. The summed E-state index contributed by atoms with van der Waals surface area (Å²) in [4.78, 5) is 15.8. The lowest BCUT2D eigenvalue weighted by molar-refractivity contribution is -0.271. The zero-order valence-corrected chi connectivity index (χ0v) is 18.9. The van der Waals surface area contributed by atoms with Crippen molar-refractivity contribution in [3.05, 3.63) is 23.3 Å². The second-order valence-corrected chi connectivity index (χ2v) is 11.2. The van der Waals surface area contributed by atoms with Crippen molar-refractivity contribution in [3.8, 4) is 11.5 Å². The van der Waals surface area contributed by atoms with E-state index in [2.05, 4.69) is 17.0 Å². The van der Waals surface area contributed by atoms with Crippen LogP contribution < -0.4 is 9.47 Å². The van der Waals surface area contributed by atoms with Gasteiger partial charge < -0.3 is 14.2 Å². The van der Waals surface area contributed by atoms with E-state index in [-0.39, 0.29) is 28.6 Å². The van der Waals surface area contributed by atoms with Crippen LogP contribution in [0.15, 0.2) is 12.1 Å². The zero-order chi connectivity index (χ0) is 21.2. The Morgan fingerprint density at radius 1 is 1.23 bits per heavy atom. The molecule has 8 rings (SSSR count). The summed E-state index contributed by atoms with van der Waals surface area (Å²) in [5, 5.41) is 0. The number of benzene rings is 1. The Balaban J connectivity index is 1.49. The van der Waals surface area contributed by atoms with Crippen molar-refractivity contribution in [2.75, 3.05) is 27.3 Å². The second kappa shape index (κ2) is 5.85. The molecule has 0 unspecified atom stereocenters. The van der Waals surface area contributed by atoms with Crippen molar-refractivity contribution in [1.82, 2.24) is 4.90 Å². The molecule has 31 heavy (non-hydrogen) atoms. The van der Waals surface area contributed by atoms with Crippen LogP contribution in [0.2, 0.25) is 0 Å². The first kappa shape index (κ1) is 18.9. The van der Waals surface area contributed by atoms with Crippen LogP contribution in [-0.2, 0) is 21.4 Å². The van der Waals surface area contributed by atoms with E-state index in [1.54, 1.807) is 21.1 Å². The highest BCUT2D eigenvalue weighted by Gasteiger charge is 2.81. The van der Waals surface area contributed by atoms with E-state index in [0.29, 0.717) is 6.04 Å². The number of likely N-dealkylation sites (tertiary alicyclic amines) is 1. The Morgan fingerprint density at radius 3 is 2.77 bits per heavy atom. The van der Waals surface area contributed by atoms with E-state index >= 15 is 0 Å². The molecular weight excluding hydrogens is 390 g/mol. The number of hydrogen-bond acceptors (Lipinski definition) is 5. The number of carbonyl (C=O) groups excluding carboxylic acids is 1. The van der Waals surface area contributed by atoms with E-state index in [1.165, 1.54) is 30.5 Å². The number of ether oxygens (including phenoxy) is 3. The van der Waals surface area contributed by atoms with Gasteiger partial charge in [-0.25, -0.2) is 0 Å². The Kier molecular flexibility index (Phi) is 3.57. The summed E-state index contributed by atoms with van der Waals surface area (Å²) in [5.41, 5.74) is 2.34. The highest BCUT2D eigenvalue weighted by Crippen LogP contribution is 2.76. The highest BCUT2D eigenvalue weighted by molar-refractivity contribution is 5.81. The maximum absolute atomic E-state index is 13.0. The molecule has 0 N–H and O–H groups in total. The summed E-state index contributed by atoms with van der Waals surface area (Å²) >= 11 is 0. The van der Waals surface area contributed by atoms with Crippen molar-refractivity contribution in [2.24, 2.45) is 17.3 Å². The molecule has 0 amide bonds. The number of fused-ring (bicyclic) bond motifs is 2. The van der Waals surface area contributed by atoms with Crippen LogP contribution in [0.4, 0.5) is 0 Å². The van der Waals surface area contributed by atoms with Crippen molar-refractivity contribution in [2.45, 2.75) is 75.0 Å². The first-order valence-electron chi connectivity index (χ1n) is 12.2. The molecule has 1 aromatic rings. The van der Waals surface area contributed by atoms with Gasteiger partial charge in [0.1, 0.15) is 17.5 Å². The van der Waals surface area contributed by atoms with Gasteiger partial charge >= 0.3 is 0 Å². The lowest BCUT2D eigenvalue weighted by Crippen LogP contribution is -2.81. The fourth-order valence-corrected chi connectivity index (χ4v) is 9.02. The topological polar surface area (TPSA) is 48.0 Å². The molecule has 6 atom stereocenters. The third-order valence-corrected chi connectivity index (χ3v) is 10.4. The first-order valence-corrected chi connectivity index (χ1v) is 12.2. The lowest BCUT2D eigenvalue weighted by atomic mass is 9.34. The van der Waals surface area contributed by atoms with E-state index in [9.17, 15) is 4.79 Å². The van der Waals surface area contributed by atoms with Crippen LogP contribution in [-0.4, -0.2) is 55.7 Å². The third kappa shape index (κ3) is 1.97. The molecule has 4 bridgehead atoms. The molecule has 1 aromatic carbocycles. The molecule has 0 aromatic heterocycles. The molecular formula is C26H33NO4. The maximum Gasteiger partial charge on any atom is 0.165 e. The minimum Gasteiger partial charge on any atom is -0.493 e.